The quantitative estimate of drug-likeness (QED) is 0.545. The molecule has 1 aromatic heterocycles. The number of hydrogen-bond acceptors (Lipinski definition) is 6. The first-order chi connectivity index (χ1) is 9.20. The van der Waals surface area contributed by atoms with Gasteiger partial charge in [0, 0.05) is 17.7 Å². The van der Waals surface area contributed by atoms with E-state index < -0.39 is 12.7 Å². The average Bonchev–Trinajstić information content (AvgIpc) is 2.98. The SMILES string of the molecule is O=C(NCC(O)CO)c1cccc(-c2nn[nH]n2)c1. The molecule has 8 nitrogen and oxygen atoms in total. The molecule has 8 heteroatoms. The van der Waals surface area contributed by atoms with Gasteiger partial charge in [0.1, 0.15) is 0 Å². The van der Waals surface area contributed by atoms with Crippen molar-refractivity contribution in [3.05, 3.63) is 29.8 Å². The highest BCUT2D eigenvalue weighted by Crippen LogP contribution is 2.14. The predicted molar refractivity (Wildman–Crippen MR) is 65.0 cm³/mol. The summed E-state index contributed by atoms with van der Waals surface area (Å²) < 4.78 is 0. The lowest BCUT2D eigenvalue weighted by molar-refractivity contribution is 0.0802. The Bertz CT molecular complexity index is 543. The third kappa shape index (κ3) is 3.33. The second-order valence-corrected chi connectivity index (χ2v) is 3.86. The van der Waals surface area contributed by atoms with Gasteiger partial charge in [-0.25, -0.2) is 0 Å². The molecule has 19 heavy (non-hydrogen) atoms. The standard InChI is InChI=1S/C11H13N5O3/c17-6-9(18)5-12-11(19)8-3-1-2-7(4-8)10-13-15-16-14-10/h1-4,9,17-18H,5-6H2,(H,12,19)(H,13,14,15,16). The van der Waals surface area contributed by atoms with Crippen LogP contribution in [0, 0.1) is 0 Å². The molecule has 0 saturated carbocycles. The molecule has 0 radical (unpaired) electrons. The van der Waals surface area contributed by atoms with Gasteiger partial charge in [-0.2, -0.15) is 5.21 Å². The van der Waals surface area contributed by atoms with E-state index in [0.29, 0.717) is 17.0 Å². The normalized spacial score (nSPS) is 12.1. The van der Waals surface area contributed by atoms with E-state index in [9.17, 15) is 4.79 Å². The van der Waals surface area contributed by atoms with Crippen LogP contribution in [0.25, 0.3) is 11.4 Å². The number of aliphatic hydroxyl groups excluding tert-OH is 2. The number of rotatable bonds is 5. The fourth-order valence-electron chi connectivity index (χ4n) is 1.46. The first-order valence-electron chi connectivity index (χ1n) is 5.61. The minimum Gasteiger partial charge on any atom is -0.394 e. The van der Waals surface area contributed by atoms with E-state index in [2.05, 4.69) is 25.9 Å². The molecule has 0 bridgehead atoms. The van der Waals surface area contributed by atoms with E-state index in [4.69, 9.17) is 10.2 Å². The molecule has 2 aromatic rings. The fourth-order valence-corrected chi connectivity index (χ4v) is 1.46. The van der Waals surface area contributed by atoms with Crippen molar-refractivity contribution in [1.29, 1.82) is 0 Å². The maximum atomic E-state index is 11.8. The number of amides is 1. The van der Waals surface area contributed by atoms with Crippen molar-refractivity contribution in [2.45, 2.75) is 6.10 Å². The highest BCUT2D eigenvalue weighted by molar-refractivity contribution is 5.95. The Morgan fingerprint density at radius 3 is 3.00 bits per heavy atom. The number of carbonyl (C=O) groups is 1. The number of H-pyrrole nitrogens is 1. The van der Waals surface area contributed by atoms with Gasteiger partial charge in [-0.3, -0.25) is 4.79 Å². The largest absolute Gasteiger partial charge is 0.394 e. The molecule has 0 aliphatic heterocycles. The van der Waals surface area contributed by atoms with E-state index in [1.165, 1.54) is 0 Å². The van der Waals surface area contributed by atoms with Gasteiger partial charge in [-0.15, -0.1) is 10.2 Å². The smallest absolute Gasteiger partial charge is 0.251 e. The number of nitrogens with zero attached hydrogens (tertiary/aromatic N) is 3. The van der Waals surface area contributed by atoms with Crippen molar-refractivity contribution in [3.8, 4) is 11.4 Å². The molecule has 1 unspecified atom stereocenters. The summed E-state index contributed by atoms with van der Waals surface area (Å²) in [6.07, 6.45) is -0.968. The van der Waals surface area contributed by atoms with Crippen LogP contribution in [-0.2, 0) is 0 Å². The molecule has 1 atom stereocenters. The molecule has 0 spiro atoms. The summed E-state index contributed by atoms with van der Waals surface area (Å²) >= 11 is 0. The molecule has 0 aliphatic rings. The Kier molecular flexibility index (Phi) is 4.16. The van der Waals surface area contributed by atoms with Crippen molar-refractivity contribution in [1.82, 2.24) is 25.9 Å². The Morgan fingerprint density at radius 2 is 2.32 bits per heavy atom. The molecule has 1 aromatic carbocycles. The Morgan fingerprint density at radius 1 is 1.47 bits per heavy atom. The number of nitrogens with one attached hydrogen (secondary N) is 2. The molecule has 0 aliphatic carbocycles. The van der Waals surface area contributed by atoms with Gasteiger partial charge in [0.2, 0.25) is 5.82 Å². The van der Waals surface area contributed by atoms with E-state index in [1.807, 2.05) is 0 Å². The van der Waals surface area contributed by atoms with Gasteiger partial charge in [-0.05, 0) is 17.3 Å². The first-order valence-corrected chi connectivity index (χ1v) is 5.61. The summed E-state index contributed by atoms with van der Waals surface area (Å²) in [5.74, 6) is 0.0443. The summed E-state index contributed by atoms with van der Waals surface area (Å²) in [6.45, 7) is -0.412. The number of tetrazole rings is 1. The monoisotopic (exact) mass is 263 g/mol. The number of hydrogen-bond donors (Lipinski definition) is 4. The van der Waals surface area contributed by atoms with Gasteiger partial charge in [0.15, 0.2) is 0 Å². The number of aromatic nitrogens is 4. The second kappa shape index (κ2) is 6.03. The average molecular weight is 263 g/mol. The maximum Gasteiger partial charge on any atom is 0.251 e. The Labute approximate surface area is 108 Å². The lowest BCUT2D eigenvalue weighted by atomic mass is 10.1. The summed E-state index contributed by atoms with van der Waals surface area (Å²) in [5.41, 5.74) is 1.07. The topological polar surface area (TPSA) is 124 Å². The zero-order chi connectivity index (χ0) is 13.7. The Balaban J connectivity index is 2.08. The van der Waals surface area contributed by atoms with Crippen molar-refractivity contribution >= 4 is 5.91 Å². The number of benzene rings is 1. The molecular formula is C11H13N5O3. The van der Waals surface area contributed by atoms with Gasteiger partial charge < -0.3 is 15.5 Å². The van der Waals surface area contributed by atoms with Gasteiger partial charge in [0.05, 0.1) is 12.7 Å². The van der Waals surface area contributed by atoms with Crippen LogP contribution in [0.15, 0.2) is 24.3 Å². The van der Waals surface area contributed by atoms with E-state index in [0.717, 1.165) is 0 Å². The molecule has 1 amide bonds. The molecule has 100 valence electrons. The summed E-state index contributed by atoms with van der Waals surface area (Å²) in [7, 11) is 0. The van der Waals surface area contributed by atoms with Crippen LogP contribution in [0.1, 0.15) is 10.4 Å². The number of carbonyl (C=O) groups excluding carboxylic acids is 1. The highest BCUT2D eigenvalue weighted by atomic mass is 16.3. The molecule has 4 N–H and O–H groups in total. The first kappa shape index (κ1) is 13.1. The third-order valence-corrected chi connectivity index (χ3v) is 2.44. The summed E-state index contributed by atoms with van der Waals surface area (Å²) in [6, 6.07) is 6.70. The van der Waals surface area contributed by atoms with E-state index >= 15 is 0 Å². The van der Waals surface area contributed by atoms with Crippen molar-refractivity contribution in [2.75, 3.05) is 13.2 Å². The van der Waals surface area contributed by atoms with Crippen LogP contribution in [0.2, 0.25) is 0 Å². The third-order valence-electron chi connectivity index (χ3n) is 2.44. The van der Waals surface area contributed by atoms with Crippen LogP contribution in [0.3, 0.4) is 0 Å². The fraction of sp³-hybridized carbons (Fsp3) is 0.273. The lowest BCUT2D eigenvalue weighted by Gasteiger charge is -2.09. The van der Waals surface area contributed by atoms with Gasteiger partial charge >= 0.3 is 0 Å². The van der Waals surface area contributed by atoms with Crippen LogP contribution in [0.5, 0.6) is 0 Å². The minimum atomic E-state index is -0.968. The number of aromatic amines is 1. The zero-order valence-corrected chi connectivity index (χ0v) is 9.95. The lowest BCUT2D eigenvalue weighted by Crippen LogP contribution is -2.33. The zero-order valence-electron chi connectivity index (χ0n) is 9.95. The molecule has 1 heterocycles. The summed E-state index contributed by atoms with van der Waals surface area (Å²) in [5, 5.41) is 33.8. The predicted octanol–water partition coefficient (Wildman–Crippen LogP) is -1.05. The molecular weight excluding hydrogens is 250 g/mol. The van der Waals surface area contributed by atoms with Crippen LogP contribution in [0.4, 0.5) is 0 Å². The minimum absolute atomic E-state index is 0.0121. The van der Waals surface area contributed by atoms with Crippen molar-refractivity contribution < 1.29 is 15.0 Å². The van der Waals surface area contributed by atoms with Crippen LogP contribution < -0.4 is 5.32 Å². The summed E-state index contributed by atoms with van der Waals surface area (Å²) in [4.78, 5) is 11.8. The molecule has 0 saturated heterocycles. The van der Waals surface area contributed by atoms with E-state index in [-0.39, 0.29) is 12.5 Å². The highest BCUT2D eigenvalue weighted by Gasteiger charge is 2.10. The Hall–Kier alpha value is -2.32. The number of aliphatic hydroxyl groups is 2. The molecule has 2 rings (SSSR count). The van der Waals surface area contributed by atoms with Crippen LogP contribution >= 0.6 is 0 Å². The molecule has 0 fully saturated rings. The van der Waals surface area contributed by atoms with Crippen molar-refractivity contribution in [3.63, 3.8) is 0 Å². The van der Waals surface area contributed by atoms with Gasteiger partial charge in [-0.1, -0.05) is 12.1 Å². The van der Waals surface area contributed by atoms with Crippen LogP contribution in [-0.4, -0.2) is 56.0 Å². The van der Waals surface area contributed by atoms with Gasteiger partial charge in [0.25, 0.3) is 5.91 Å². The maximum absolute atomic E-state index is 11.8. The van der Waals surface area contributed by atoms with Crippen molar-refractivity contribution in [2.24, 2.45) is 0 Å². The van der Waals surface area contributed by atoms with E-state index in [1.54, 1.807) is 24.3 Å². The second-order valence-electron chi connectivity index (χ2n) is 3.86.